The first kappa shape index (κ1) is 20.2. The second-order valence-corrected chi connectivity index (χ2v) is 9.03. The molecule has 0 spiro atoms. The molecule has 2 aliphatic heterocycles. The predicted octanol–water partition coefficient (Wildman–Crippen LogP) is 0.350. The summed E-state index contributed by atoms with van der Waals surface area (Å²) in [6.07, 6.45) is 2.95. The highest BCUT2D eigenvalue weighted by Gasteiger charge is 2.29. The lowest BCUT2D eigenvalue weighted by molar-refractivity contribution is 0.0724. The molecule has 1 aromatic heterocycles. The fourth-order valence-electron chi connectivity index (χ4n) is 3.53. The van der Waals surface area contributed by atoms with Gasteiger partial charge in [-0.3, -0.25) is 4.79 Å². The molecule has 1 unspecified atom stereocenters. The Morgan fingerprint density at radius 3 is 2.67 bits per heavy atom. The predicted molar refractivity (Wildman–Crippen MR) is 103 cm³/mol. The lowest BCUT2D eigenvalue weighted by Crippen LogP contribution is -2.52. The maximum atomic E-state index is 12.5. The van der Waals surface area contributed by atoms with E-state index < -0.39 is 10.2 Å². The number of piperidine rings is 1. The van der Waals surface area contributed by atoms with Crippen LogP contribution in [0.4, 0.5) is 5.82 Å². The van der Waals surface area contributed by atoms with E-state index in [0.717, 1.165) is 31.6 Å². The maximum Gasteiger partial charge on any atom is 0.279 e. The molecule has 2 saturated heterocycles. The molecular formula is C17H29N5O4S. The van der Waals surface area contributed by atoms with E-state index in [1.54, 1.807) is 6.07 Å². The molecule has 0 radical (unpaired) electrons. The molecule has 27 heavy (non-hydrogen) atoms. The lowest BCUT2D eigenvalue weighted by atomic mass is 10.0. The van der Waals surface area contributed by atoms with Crippen molar-refractivity contribution in [3.8, 4) is 0 Å². The minimum absolute atomic E-state index is 0.0141. The summed E-state index contributed by atoms with van der Waals surface area (Å²) in [5.41, 5.74) is -0.129. The normalized spacial score (nSPS) is 22.3. The standard InChI is InChI=1S/C17H29N5O4S/c1-14(2)22-17(23)7-6-16(19-22)21-8-4-3-5-15(21)13-18-27(24,25)20-9-11-26-12-10-20/h6-7,14-15,18H,3-5,8-13H2,1-2H3. The van der Waals surface area contributed by atoms with Gasteiger partial charge in [-0.1, -0.05) is 0 Å². The van der Waals surface area contributed by atoms with Gasteiger partial charge >= 0.3 is 0 Å². The van der Waals surface area contributed by atoms with Crippen LogP contribution in [-0.2, 0) is 14.9 Å². The summed E-state index contributed by atoms with van der Waals surface area (Å²) in [6, 6.07) is 3.25. The Balaban J connectivity index is 1.72. The zero-order chi connectivity index (χ0) is 19.4. The summed E-state index contributed by atoms with van der Waals surface area (Å²) in [7, 11) is -3.52. The highest BCUT2D eigenvalue weighted by atomic mass is 32.2. The van der Waals surface area contributed by atoms with Crippen LogP contribution in [0.25, 0.3) is 0 Å². The van der Waals surface area contributed by atoms with Crippen LogP contribution < -0.4 is 15.2 Å². The number of ether oxygens (including phenoxy) is 1. The van der Waals surface area contributed by atoms with Crippen LogP contribution >= 0.6 is 0 Å². The van der Waals surface area contributed by atoms with E-state index in [-0.39, 0.29) is 17.6 Å². The summed E-state index contributed by atoms with van der Waals surface area (Å²) < 4.78 is 36.0. The smallest absolute Gasteiger partial charge is 0.279 e. The fraction of sp³-hybridized carbons (Fsp3) is 0.765. The van der Waals surface area contributed by atoms with Crippen molar-refractivity contribution in [3.63, 3.8) is 0 Å². The van der Waals surface area contributed by atoms with Gasteiger partial charge in [-0.2, -0.15) is 17.8 Å². The van der Waals surface area contributed by atoms with Crippen molar-refractivity contribution >= 4 is 16.0 Å². The molecule has 1 atom stereocenters. The molecule has 3 heterocycles. The first-order valence-corrected chi connectivity index (χ1v) is 11.0. The Morgan fingerprint density at radius 2 is 1.96 bits per heavy atom. The second-order valence-electron chi connectivity index (χ2n) is 7.28. The summed E-state index contributed by atoms with van der Waals surface area (Å²) in [6.45, 7) is 6.57. The summed E-state index contributed by atoms with van der Waals surface area (Å²) in [4.78, 5) is 14.1. The van der Waals surface area contributed by atoms with Gasteiger partial charge in [-0.15, -0.1) is 0 Å². The summed E-state index contributed by atoms with van der Waals surface area (Å²) in [5.74, 6) is 0.721. The van der Waals surface area contributed by atoms with Crippen LogP contribution in [0.5, 0.6) is 0 Å². The van der Waals surface area contributed by atoms with E-state index in [1.807, 2.05) is 13.8 Å². The number of hydrogen-bond acceptors (Lipinski definition) is 6. The van der Waals surface area contributed by atoms with Crippen LogP contribution in [0.3, 0.4) is 0 Å². The minimum Gasteiger partial charge on any atom is -0.379 e. The largest absolute Gasteiger partial charge is 0.379 e. The minimum atomic E-state index is -3.52. The number of aromatic nitrogens is 2. The second kappa shape index (κ2) is 8.68. The number of anilines is 1. The molecule has 0 aromatic carbocycles. The van der Waals surface area contributed by atoms with Gasteiger partial charge in [0.15, 0.2) is 0 Å². The van der Waals surface area contributed by atoms with Crippen LogP contribution in [0.15, 0.2) is 16.9 Å². The molecule has 10 heteroatoms. The number of hydrogen-bond donors (Lipinski definition) is 1. The van der Waals surface area contributed by atoms with E-state index >= 15 is 0 Å². The van der Waals surface area contributed by atoms with Gasteiger partial charge in [-0.25, -0.2) is 9.40 Å². The van der Waals surface area contributed by atoms with Crippen molar-refractivity contribution in [1.82, 2.24) is 18.8 Å². The summed E-state index contributed by atoms with van der Waals surface area (Å²) in [5, 5.41) is 4.51. The molecular weight excluding hydrogens is 370 g/mol. The Morgan fingerprint density at radius 1 is 1.22 bits per heavy atom. The maximum absolute atomic E-state index is 12.5. The highest BCUT2D eigenvalue weighted by Crippen LogP contribution is 2.22. The van der Waals surface area contributed by atoms with Gasteiger partial charge in [0.05, 0.1) is 19.3 Å². The lowest BCUT2D eigenvalue weighted by Gasteiger charge is -2.37. The molecule has 0 saturated carbocycles. The van der Waals surface area contributed by atoms with Crippen molar-refractivity contribution in [2.75, 3.05) is 44.3 Å². The molecule has 3 rings (SSSR count). The van der Waals surface area contributed by atoms with E-state index in [0.29, 0.717) is 32.8 Å². The fourth-order valence-corrected chi connectivity index (χ4v) is 4.75. The first-order valence-electron chi connectivity index (χ1n) is 9.57. The van der Waals surface area contributed by atoms with Crippen molar-refractivity contribution in [3.05, 3.63) is 22.5 Å². The van der Waals surface area contributed by atoms with Gasteiger partial charge in [0.1, 0.15) is 5.82 Å². The quantitative estimate of drug-likeness (QED) is 0.741. The Hall–Kier alpha value is -1.49. The van der Waals surface area contributed by atoms with E-state index in [1.165, 1.54) is 15.1 Å². The SMILES string of the molecule is CC(C)n1nc(N2CCCCC2CNS(=O)(=O)N2CCOCC2)ccc1=O. The van der Waals surface area contributed by atoms with Gasteiger partial charge in [-0.05, 0) is 39.2 Å². The molecule has 152 valence electrons. The van der Waals surface area contributed by atoms with Crippen molar-refractivity contribution in [2.24, 2.45) is 0 Å². The van der Waals surface area contributed by atoms with Crippen LogP contribution in [0, 0.1) is 0 Å². The van der Waals surface area contributed by atoms with Gasteiger partial charge in [0, 0.05) is 38.3 Å². The monoisotopic (exact) mass is 399 g/mol. The van der Waals surface area contributed by atoms with Crippen LogP contribution in [0.2, 0.25) is 0 Å². The zero-order valence-corrected chi connectivity index (χ0v) is 16.8. The summed E-state index contributed by atoms with van der Waals surface area (Å²) >= 11 is 0. The first-order chi connectivity index (χ1) is 12.9. The molecule has 0 bridgehead atoms. The molecule has 0 amide bonds. The van der Waals surface area contributed by atoms with Crippen molar-refractivity contribution in [2.45, 2.75) is 45.2 Å². The van der Waals surface area contributed by atoms with E-state index in [2.05, 4.69) is 14.7 Å². The van der Waals surface area contributed by atoms with Crippen molar-refractivity contribution < 1.29 is 13.2 Å². The number of morpholine rings is 1. The zero-order valence-electron chi connectivity index (χ0n) is 16.0. The number of nitrogens with one attached hydrogen (secondary N) is 1. The highest BCUT2D eigenvalue weighted by molar-refractivity contribution is 7.87. The molecule has 0 aliphatic carbocycles. The van der Waals surface area contributed by atoms with Crippen LogP contribution in [-0.4, -0.2) is 67.9 Å². The van der Waals surface area contributed by atoms with E-state index in [4.69, 9.17) is 4.74 Å². The van der Waals surface area contributed by atoms with Gasteiger partial charge in [0.25, 0.3) is 15.8 Å². The van der Waals surface area contributed by atoms with Gasteiger partial charge in [0.2, 0.25) is 0 Å². The molecule has 2 aliphatic rings. The van der Waals surface area contributed by atoms with Crippen LogP contribution in [0.1, 0.15) is 39.2 Å². The Kier molecular flexibility index (Phi) is 6.51. The molecule has 9 nitrogen and oxygen atoms in total. The number of rotatable bonds is 6. The molecule has 2 fully saturated rings. The molecule has 1 N–H and O–H groups in total. The average Bonchev–Trinajstić information content (AvgIpc) is 2.67. The Labute approximate surface area is 160 Å². The van der Waals surface area contributed by atoms with Gasteiger partial charge < -0.3 is 9.64 Å². The Bertz CT molecular complexity index is 789. The third-order valence-corrected chi connectivity index (χ3v) is 6.61. The molecule has 1 aromatic rings. The topological polar surface area (TPSA) is 96.8 Å². The third-order valence-electron chi connectivity index (χ3n) is 5.03. The number of nitrogens with zero attached hydrogens (tertiary/aromatic N) is 4. The van der Waals surface area contributed by atoms with Crippen molar-refractivity contribution in [1.29, 1.82) is 0 Å². The van der Waals surface area contributed by atoms with E-state index in [9.17, 15) is 13.2 Å². The average molecular weight is 400 g/mol. The third kappa shape index (κ3) is 4.87.